The standard InChI is InChI=1S/C18H29N3O3S/c1-3-5-17(19)18(22)21-11-4-6-15(13-21)12-20-25(23,24)16-9-7-14(2)8-10-16/h7-10,15,17,20H,3-6,11-13,19H2,1-2H3. The van der Waals surface area contributed by atoms with Crippen LogP contribution in [0.2, 0.25) is 0 Å². The van der Waals surface area contributed by atoms with Crippen molar-refractivity contribution in [2.24, 2.45) is 11.7 Å². The van der Waals surface area contributed by atoms with Crippen molar-refractivity contribution in [3.63, 3.8) is 0 Å². The van der Waals surface area contributed by atoms with Gasteiger partial charge >= 0.3 is 0 Å². The first-order chi connectivity index (χ1) is 11.8. The predicted molar refractivity (Wildman–Crippen MR) is 98.6 cm³/mol. The molecular formula is C18H29N3O3S. The summed E-state index contributed by atoms with van der Waals surface area (Å²) in [7, 11) is -3.52. The van der Waals surface area contributed by atoms with Crippen LogP contribution < -0.4 is 10.5 Å². The molecule has 3 N–H and O–H groups in total. The lowest BCUT2D eigenvalue weighted by Crippen LogP contribution is -2.49. The molecule has 0 bridgehead atoms. The zero-order valence-electron chi connectivity index (χ0n) is 15.1. The van der Waals surface area contributed by atoms with Crippen molar-refractivity contribution >= 4 is 15.9 Å². The molecule has 0 spiro atoms. The van der Waals surface area contributed by atoms with E-state index in [4.69, 9.17) is 5.73 Å². The molecule has 2 rings (SSSR count). The molecule has 140 valence electrons. The molecule has 1 amide bonds. The van der Waals surface area contributed by atoms with Gasteiger partial charge in [-0.25, -0.2) is 13.1 Å². The van der Waals surface area contributed by atoms with Crippen LogP contribution in [-0.2, 0) is 14.8 Å². The van der Waals surface area contributed by atoms with E-state index in [1.165, 1.54) is 0 Å². The Morgan fingerprint density at radius 3 is 2.68 bits per heavy atom. The van der Waals surface area contributed by atoms with Gasteiger partial charge in [0, 0.05) is 19.6 Å². The number of carbonyl (C=O) groups excluding carboxylic acids is 1. The molecule has 7 heteroatoms. The van der Waals surface area contributed by atoms with Crippen LogP contribution in [0.5, 0.6) is 0 Å². The molecule has 0 radical (unpaired) electrons. The van der Waals surface area contributed by atoms with Crippen LogP contribution in [-0.4, -0.2) is 44.9 Å². The summed E-state index contributed by atoms with van der Waals surface area (Å²) in [5.41, 5.74) is 6.95. The molecule has 0 aliphatic carbocycles. The zero-order chi connectivity index (χ0) is 18.4. The Hall–Kier alpha value is -1.44. The number of hydrogen-bond acceptors (Lipinski definition) is 4. The molecule has 1 aliphatic heterocycles. The number of sulfonamides is 1. The molecule has 1 heterocycles. The van der Waals surface area contributed by atoms with Gasteiger partial charge in [0.15, 0.2) is 0 Å². The van der Waals surface area contributed by atoms with Crippen LogP contribution in [0.25, 0.3) is 0 Å². The lowest BCUT2D eigenvalue weighted by Gasteiger charge is -2.34. The Balaban J connectivity index is 1.92. The molecule has 25 heavy (non-hydrogen) atoms. The summed E-state index contributed by atoms with van der Waals surface area (Å²) in [6.07, 6.45) is 3.34. The van der Waals surface area contributed by atoms with Crippen LogP contribution in [0.3, 0.4) is 0 Å². The average molecular weight is 368 g/mol. The number of aryl methyl sites for hydroxylation is 1. The molecule has 2 unspecified atom stereocenters. The lowest BCUT2D eigenvalue weighted by atomic mass is 9.97. The molecular weight excluding hydrogens is 338 g/mol. The second-order valence-electron chi connectivity index (χ2n) is 6.85. The fraction of sp³-hybridized carbons (Fsp3) is 0.611. The third-order valence-corrected chi connectivity index (χ3v) is 6.08. The van der Waals surface area contributed by atoms with Crippen molar-refractivity contribution in [1.82, 2.24) is 9.62 Å². The monoisotopic (exact) mass is 367 g/mol. The van der Waals surface area contributed by atoms with Crippen molar-refractivity contribution in [1.29, 1.82) is 0 Å². The number of nitrogens with one attached hydrogen (secondary N) is 1. The maximum Gasteiger partial charge on any atom is 0.240 e. The summed E-state index contributed by atoms with van der Waals surface area (Å²) in [6.45, 7) is 5.53. The fourth-order valence-electron chi connectivity index (χ4n) is 3.13. The number of carbonyl (C=O) groups is 1. The van der Waals surface area contributed by atoms with Crippen molar-refractivity contribution in [2.45, 2.75) is 50.5 Å². The first-order valence-electron chi connectivity index (χ1n) is 8.94. The summed E-state index contributed by atoms with van der Waals surface area (Å²) >= 11 is 0. The Bertz CT molecular complexity index is 673. The SMILES string of the molecule is CCCC(N)C(=O)N1CCCC(CNS(=O)(=O)c2ccc(C)cc2)C1. The van der Waals surface area contributed by atoms with Gasteiger partial charge in [0.25, 0.3) is 0 Å². The van der Waals surface area contributed by atoms with Gasteiger partial charge in [-0.3, -0.25) is 4.79 Å². The number of amides is 1. The summed E-state index contributed by atoms with van der Waals surface area (Å²) in [5.74, 6) is 0.0969. The fourth-order valence-corrected chi connectivity index (χ4v) is 4.25. The molecule has 1 aromatic carbocycles. The highest BCUT2D eigenvalue weighted by Crippen LogP contribution is 2.18. The van der Waals surface area contributed by atoms with Crippen LogP contribution in [0.1, 0.15) is 38.2 Å². The summed E-state index contributed by atoms with van der Waals surface area (Å²) in [4.78, 5) is 14.4. The Morgan fingerprint density at radius 1 is 1.36 bits per heavy atom. The van der Waals surface area contributed by atoms with E-state index in [-0.39, 0.29) is 16.7 Å². The number of benzene rings is 1. The minimum atomic E-state index is -3.52. The molecule has 2 atom stereocenters. The minimum Gasteiger partial charge on any atom is -0.341 e. The predicted octanol–water partition coefficient (Wildman–Crippen LogP) is 1.64. The normalized spacial score (nSPS) is 19.6. The van der Waals surface area contributed by atoms with Gasteiger partial charge in [-0.2, -0.15) is 0 Å². The van der Waals surface area contributed by atoms with Gasteiger partial charge in [-0.15, -0.1) is 0 Å². The van der Waals surface area contributed by atoms with Gasteiger partial charge in [-0.05, 0) is 44.2 Å². The number of rotatable bonds is 7. The molecule has 0 aromatic heterocycles. The Kier molecular flexibility index (Phi) is 6.98. The van der Waals surface area contributed by atoms with E-state index in [2.05, 4.69) is 4.72 Å². The number of likely N-dealkylation sites (tertiary alicyclic amines) is 1. The van der Waals surface area contributed by atoms with Crippen molar-refractivity contribution in [3.8, 4) is 0 Å². The van der Waals surface area contributed by atoms with E-state index in [0.717, 1.165) is 24.8 Å². The summed E-state index contributed by atoms with van der Waals surface area (Å²) in [6, 6.07) is 6.33. The highest BCUT2D eigenvalue weighted by atomic mass is 32.2. The third kappa shape index (κ3) is 5.52. The van der Waals surface area contributed by atoms with Gasteiger partial charge < -0.3 is 10.6 Å². The molecule has 1 fully saturated rings. The van der Waals surface area contributed by atoms with Gasteiger partial charge in [0.05, 0.1) is 10.9 Å². The summed E-state index contributed by atoms with van der Waals surface area (Å²) in [5, 5.41) is 0. The molecule has 1 aliphatic rings. The Labute approximate surface area is 150 Å². The van der Waals surface area contributed by atoms with Gasteiger partial charge in [0.1, 0.15) is 0 Å². The maximum absolute atomic E-state index is 12.4. The second kappa shape index (κ2) is 8.78. The highest BCUT2D eigenvalue weighted by molar-refractivity contribution is 7.89. The largest absolute Gasteiger partial charge is 0.341 e. The highest BCUT2D eigenvalue weighted by Gasteiger charge is 2.27. The van der Waals surface area contributed by atoms with E-state index in [9.17, 15) is 13.2 Å². The van der Waals surface area contributed by atoms with E-state index in [0.29, 0.717) is 26.1 Å². The van der Waals surface area contributed by atoms with E-state index < -0.39 is 16.1 Å². The van der Waals surface area contributed by atoms with Crippen LogP contribution in [0.4, 0.5) is 0 Å². The van der Waals surface area contributed by atoms with E-state index in [1.807, 2.05) is 13.8 Å². The van der Waals surface area contributed by atoms with Crippen LogP contribution >= 0.6 is 0 Å². The number of nitrogens with two attached hydrogens (primary N) is 1. The quantitative estimate of drug-likeness (QED) is 0.766. The molecule has 1 aromatic rings. The minimum absolute atomic E-state index is 0.0204. The number of nitrogens with zero attached hydrogens (tertiary/aromatic N) is 1. The zero-order valence-corrected chi connectivity index (χ0v) is 15.9. The third-order valence-electron chi connectivity index (χ3n) is 4.64. The first-order valence-corrected chi connectivity index (χ1v) is 10.4. The summed E-state index contributed by atoms with van der Waals surface area (Å²) < 4.78 is 27.4. The van der Waals surface area contributed by atoms with Crippen LogP contribution in [0.15, 0.2) is 29.2 Å². The van der Waals surface area contributed by atoms with E-state index in [1.54, 1.807) is 29.2 Å². The molecule has 1 saturated heterocycles. The maximum atomic E-state index is 12.4. The lowest BCUT2D eigenvalue weighted by molar-refractivity contribution is -0.134. The Morgan fingerprint density at radius 2 is 2.04 bits per heavy atom. The number of piperidine rings is 1. The molecule has 6 nitrogen and oxygen atoms in total. The molecule has 0 saturated carbocycles. The van der Waals surface area contributed by atoms with Crippen LogP contribution in [0, 0.1) is 12.8 Å². The van der Waals surface area contributed by atoms with Crippen molar-refractivity contribution in [2.75, 3.05) is 19.6 Å². The number of hydrogen-bond donors (Lipinski definition) is 2. The van der Waals surface area contributed by atoms with Crippen molar-refractivity contribution < 1.29 is 13.2 Å². The smallest absolute Gasteiger partial charge is 0.240 e. The van der Waals surface area contributed by atoms with Crippen molar-refractivity contribution in [3.05, 3.63) is 29.8 Å². The second-order valence-corrected chi connectivity index (χ2v) is 8.62. The van der Waals surface area contributed by atoms with Gasteiger partial charge in [-0.1, -0.05) is 31.0 Å². The van der Waals surface area contributed by atoms with E-state index >= 15 is 0 Å². The topological polar surface area (TPSA) is 92.5 Å². The first kappa shape index (κ1) is 19.9. The average Bonchev–Trinajstić information content (AvgIpc) is 2.60. The van der Waals surface area contributed by atoms with Gasteiger partial charge in [0.2, 0.25) is 15.9 Å².